The number of hydrogen-bond donors (Lipinski definition) is 1. The lowest BCUT2D eigenvalue weighted by Crippen LogP contribution is -2.21. The molecule has 0 unspecified atom stereocenters. The van der Waals surface area contributed by atoms with Gasteiger partial charge in [0.2, 0.25) is 0 Å². The van der Waals surface area contributed by atoms with Gasteiger partial charge in [0.05, 0.1) is 18.8 Å². The first-order valence-electron chi connectivity index (χ1n) is 6.75. The summed E-state index contributed by atoms with van der Waals surface area (Å²) in [5.74, 6) is 2.19. The lowest BCUT2D eigenvalue weighted by molar-refractivity contribution is 0.171. The number of fused-ring (bicyclic) bond motifs is 1. The molecule has 0 saturated heterocycles. The Bertz CT molecular complexity index is 601. The van der Waals surface area contributed by atoms with Gasteiger partial charge in [-0.2, -0.15) is 4.68 Å². The third-order valence-electron chi connectivity index (χ3n) is 3.07. The molecule has 0 spiro atoms. The van der Waals surface area contributed by atoms with Gasteiger partial charge in [-0.15, -0.1) is 5.10 Å². The van der Waals surface area contributed by atoms with Crippen LogP contribution in [-0.2, 0) is 11.3 Å². The highest BCUT2D eigenvalue weighted by Gasteiger charge is 2.14. The third kappa shape index (κ3) is 3.11. The van der Waals surface area contributed by atoms with Crippen LogP contribution in [0.4, 0.5) is 0 Å². The zero-order valence-electron chi connectivity index (χ0n) is 11.8. The first-order valence-corrected chi connectivity index (χ1v) is 6.75. The molecule has 0 atom stereocenters. The zero-order valence-corrected chi connectivity index (χ0v) is 11.8. The van der Waals surface area contributed by atoms with Crippen LogP contribution in [0.3, 0.4) is 0 Å². The summed E-state index contributed by atoms with van der Waals surface area (Å²) in [6, 6.07) is 5.65. The molecule has 0 radical (unpaired) electrons. The molecule has 1 aliphatic heterocycles. The topological polar surface area (TPSA) is 83.3 Å². The van der Waals surface area contributed by atoms with Crippen molar-refractivity contribution in [3.8, 4) is 17.2 Å². The molecular weight excluding hydrogens is 274 g/mol. The molecule has 0 saturated carbocycles. The number of tetrazole rings is 1. The summed E-state index contributed by atoms with van der Waals surface area (Å²) in [5, 5.41) is 15.0. The molecule has 0 fully saturated rings. The molecule has 3 rings (SSSR count). The number of benzene rings is 1. The van der Waals surface area contributed by atoms with Gasteiger partial charge < -0.3 is 19.5 Å². The molecular formula is C13H17N5O3. The molecule has 2 aromatic rings. The summed E-state index contributed by atoms with van der Waals surface area (Å²) in [4.78, 5) is 0. The van der Waals surface area contributed by atoms with Crippen LogP contribution in [-0.4, -0.2) is 53.7 Å². The Kier molecular flexibility index (Phi) is 4.27. The van der Waals surface area contributed by atoms with E-state index in [9.17, 15) is 0 Å². The Morgan fingerprint density at radius 2 is 2.14 bits per heavy atom. The minimum atomic E-state index is 0.553. The van der Waals surface area contributed by atoms with Gasteiger partial charge in [0.15, 0.2) is 17.3 Å². The fourth-order valence-electron chi connectivity index (χ4n) is 2.05. The average molecular weight is 291 g/mol. The molecule has 8 nitrogen and oxygen atoms in total. The minimum Gasteiger partial charge on any atom is -0.486 e. The zero-order chi connectivity index (χ0) is 14.5. The Balaban J connectivity index is 1.76. The average Bonchev–Trinajstić information content (AvgIpc) is 2.99. The molecule has 8 heteroatoms. The van der Waals surface area contributed by atoms with Crippen molar-refractivity contribution in [2.24, 2.45) is 0 Å². The molecule has 21 heavy (non-hydrogen) atoms. The Labute approximate surface area is 122 Å². The molecule has 1 aromatic carbocycles. The van der Waals surface area contributed by atoms with E-state index in [1.165, 1.54) is 0 Å². The van der Waals surface area contributed by atoms with Gasteiger partial charge in [-0.3, -0.25) is 0 Å². The highest BCUT2D eigenvalue weighted by Crippen LogP contribution is 2.31. The maximum Gasteiger partial charge on any atom is 0.170 e. The predicted molar refractivity (Wildman–Crippen MR) is 73.7 cm³/mol. The van der Waals surface area contributed by atoms with Gasteiger partial charge in [0.1, 0.15) is 13.2 Å². The number of rotatable bonds is 6. The molecule has 112 valence electrons. The molecule has 0 aliphatic carbocycles. The summed E-state index contributed by atoms with van der Waals surface area (Å²) in [6.07, 6.45) is 0. The Morgan fingerprint density at radius 3 is 3.00 bits per heavy atom. The van der Waals surface area contributed by atoms with Crippen LogP contribution in [0, 0.1) is 0 Å². The van der Waals surface area contributed by atoms with E-state index in [2.05, 4.69) is 20.8 Å². The monoisotopic (exact) mass is 291 g/mol. The van der Waals surface area contributed by atoms with Crippen molar-refractivity contribution < 1.29 is 14.2 Å². The van der Waals surface area contributed by atoms with E-state index in [1.54, 1.807) is 11.8 Å². The van der Waals surface area contributed by atoms with Crippen molar-refractivity contribution >= 4 is 0 Å². The van der Waals surface area contributed by atoms with Crippen molar-refractivity contribution in [1.82, 2.24) is 25.5 Å². The lowest BCUT2D eigenvalue weighted by atomic mass is 10.2. The van der Waals surface area contributed by atoms with Crippen LogP contribution >= 0.6 is 0 Å². The summed E-state index contributed by atoms with van der Waals surface area (Å²) < 4.78 is 17.7. The van der Waals surface area contributed by atoms with Crippen LogP contribution in [0.5, 0.6) is 11.5 Å². The highest BCUT2D eigenvalue weighted by atomic mass is 16.6. The summed E-state index contributed by atoms with van der Waals surface area (Å²) >= 11 is 0. The second-order valence-electron chi connectivity index (χ2n) is 4.50. The number of nitrogens with one attached hydrogen (secondary N) is 1. The Hall–Kier alpha value is -2.19. The van der Waals surface area contributed by atoms with Crippen molar-refractivity contribution in [2.75, 3.05) is 33.5 Å². The van der Waals surface area contributed by atoms with E-state index in [1.807, 2.05) is 18.2 Å². The van der Waals surface area contributed by atoms with Gasteiger partial charge in [0.25, 0.3) is 0 Å². The maximum absolute atomic E-state index is 5.58. The van der Waals surface area contributed by atoms with E-state index in [0.717, 1.165) is 23.8 Å². The van der Waals surface area contributed by atoms with Crippen molar-refractivity contribution in [2.45, 2.75) is 6.54 Å². The molecule has 1 aromatic heterocycles. The van der Waals surface area contributed by atoms with Gasteiger partial charge in [-0.1, -0.05) is 0 Å². The summed E-state index contributed by atoms with van der Waals surface area (Å²) in [6.45, 7) is 3.07. The lowest BCUT2D eigenvalue weighted by Gasteiger charge is -2.18. The number of hydrogen-bond acceptors (Lipinski definition) is 7. The van der Waals surface area contributed by atoms with E-state index in [-0.39, 0.29) is 0 Å². The van der Waals surface area contributed by atoms with E-state index in [0.29, 0.717) is 32.1 Å². The van der Waals surface area contributed by atoms with Gasteiger partial charge in [-0.05, 0) is 22.6 Å². The highest BCUT2D eigenvalue weighted by molar-refractivity contribution is 5.49. The van der Waals surface area contributed by atoms with Crippen LogP contribution in [0.2, 0.25) is 0 Å². The first-order chi connectivity index (χ1) is 10.4. The second kappa shape index (κ2) is 6.51. The third-order valence-corrected chi connectivity index (χ3v) is 3.07. The quantitative estimate of drug-likeness (QED) is 0.759. The fourth-order valence-corrected chi connectivity index (χ4v) is 2.05. The van der Waals surface area contributed by atoms with Crippen LogP contribution < -0.4 is 14.8 Å². The minimum absolute atomic E-state index is 0.553. The predicted octanol–water partition coefficient (Wildman–Crippen LogP) is 0.169. The molecule has 1 aliphatic rings. The largest absolute Gasteiger partial charge is 0.486 e. The SMILES string of the molecule is COCCNCc1nnnn1-c1ccc2c(c1)OCCO2. The van der Waals surface area contributed by atoms with Crippen molar-refractivity contribution in [3.63, 3.8) is 0 Å². The van der Waals surface area contributed by atoms with Crippen molar-refractivity contribution in [3.05, 3.63) is 24.0 Å². The van der Waals surface area contributed by atoms with E-state index < -0.39 is 0 Å². The molecule has 0 amide bonds. The summed E-state index contributed by atoms with van der Waals surface area (Å²) in [5.41, 5.74) is 0.841. The van der Waals surface area contributed by atoms with E-state index in [4.69, 9.17) is 14.2 Å². The number of ether oxygens (including phenoxy) is 3. The van der Waals surface area contributed by atoms with E-state index >= 15 is 0 Å². The van der Waals surface area contributed by atoms with Gasteiger partial charge >= 0.3 is 0 Å². The maximum atomic E-state index is 5.58. The van der Waals surface area contributed by atoms with Gasteiger partial charge in [0, 0.05) is 19.7 Å². The molecule has 1 N–H and O–H groups in total. The van der Waals surface area contributed by atoms with Crippen LogP contribution in [0.1, 0.15) is 5.82 Å². The fraction of sp³-hybridized carbons (Fsp3) is 0.462. The number of methoxy groups -OCH3 is 1. The normalized spacial score (nSPS) is 13.4. The van der Waals surface area contributed by atoms with Crippen LogP contribution in [0.15, 0.2) is 18.2 Å². The smallest absolute Gasteiger partial charge is 0.170 e. The number of aromatic nitrogens is 4. The molecule has 0 bridgehead atoms. The Morgan fingerprint density at radius 1 is 1.29 bits per heavy atom. The van der Waals surface area contributed by atoms with Crippen LogP contribution in [0.25, 0.3) is 5.69 Å². The number of nitrogens with zero attached hydrogens (tertiary/aromatic N) is 4. The molecule has 2 heterocycles. The summed E-state index contributed by atoms with van der Waals surface area (Å²) in [7, 11) is 1.67. The first kappa shape index (κ1) is 13.8. The van der Waals surface area contributed by atoms with Gasteiger partial charge in [-0.25, -0.2) is 0 Å². The van der Waals surface area contributed by atoms with Crippen molar-refractivity contribution in [1.29, 1.82) is 0 Å². The second-order valence-corrected chi connectivity index (χ2v) is 4.50. The standard InChI is InChI=1S/C13H17N5O3/c1-19-5-4-14-9-13-15-16-17-18(13)10-2-3-11-12(8-10)21-7-6-20-11/h2-3,8,14H,4-7,9H2,1H3.